The summed E-state index contributed by atoms with van der Waals surface area (Å²) in [5.74, 6) is 0. The van der Waals surface area contributed by atoms with Gasteiger partial charge in [-0.25, -0.2) is 15.0 Å². The van der Waals surface area contributed by atoms with Gasteiger partial charge in [-0.1, -0.05) is 0 Å². The third kappa shape index (κ3) is 1.20. The Morgan fingerprint density at radius 3 is 3.24 bits per heavy atom. The summed E-state index contributed by atoms with van der Waals surface area (Å²) in [5, 5.41) is 3.30. The Hall–Kier alpha value is -2.01. The molecule has 4 heterocycles. The molecule has 5 heteroatoms. The van der Waals surface area contributed by atoms with Gasteiger partial charge >= 0.3 is 0 Å². The van der Waals surface area contributed by atoms with Crippen LogP contribution in [-0.2, 0) is 4.74 Å². The zero-order valence-corrected chi connectivity index (χ0v) is 9.57. The Balaban J connectivity index is 2.38. The maximum atomic E-state index is 5.28. The van der Waals surface area contributed by atoms with E-state index in [1.165, 1.54) is 5.22 Å². The van der Waals surface area contributed by atoms with Gasteiger partial charge in [0.2, 0.25) is 0 Å². The van der Waals surface area contributed by atoms with Crippen molar-refractivity contribution in [1.29, 1.82) is 0 Å². The van der Waals surface area contributed by atoms with E-state index in [2.05, 4.69) is 21.0 Å². The number of pyridine rings is 1. The van der Waals surface area contributed by atoms with Gasteiger partial charge in [0.05, 0.1) is 16.5 Å². The Labute approximate surface area is 99.9 Å². The Kier molecular flexibility index (Phi) is 1.73. The number of hydrogen-bond acceptors (Lipinski definition) is 5. The first kappa shape index (κ1) is 9.07. The molecule has 0 fully saturated rings. The molecule has 0 spiro atoms. The Morgan fingerprint density at radius 1 is 1.24 bits per heavy atom. The molecule has 1 aliphatic rings. The average Bonchev–Trinajstić information content (AvgIpc) is 2.77. The van der Waals surface area contributed by atoms with Gasteiger partial charge in [-0.05, 0) is 11.3 Å². The van der Waals surface area contributed by atoms with Crippen LogP contribution in [0, 0.1) is 0 Å². The lowest BCUT2D eigenvalue weighted by atomic mass is 10.2. The highest BCUT2D eigenvalue weighted by molar-refractivity contribution is 7.25. The topological polar surface area (TPSA) is 47.9 Å². The number of fused-ring (bicyclic) bond motifs is 5. The second kappa shape index (κ2) is 3.24. The molecule has 0 aromatic carbocycles. The molecule has 0 amide bonds. The highest BCUT2D eigenvalue weighted by Gasteiger charge is 2.10. The standard InChI is InChI=1S/C12H7N3OS/c1-2-16-5-7-3-14-12-10(8(1)7)11-9(17-12)4-13-6-15-11/h1,3-6H,2H2. The van der Waals surface area contributed by atoms with Gasteiger partial charge in [0.15, 0.2) is 0 Å². The minimum atomic E-state index is 0.606. The van der Waals surface area contributed by atoms with Gasteiger partial charge in [0.25, 0.3) is 0 Å². The van der Waals surface area contributed by atoms with E-state index >= 15 is 0 Å². The lowest BCUT2D eigenvalue weighted by molar-refractivity contribution is 0.346. The third-order valence-electron chi connectivity index (χ3n) is 2.83. The summed E-state index contributed by atoms with van der Waals surface area (Å²) < 4.78 is 6.36. The van der Waals surface area contributed by atoms with Crippen molar-refractivity contribution in [3.05, 3.63) is 29.2 Å². The molecular formula is C12H7N3OS. The van der Waals surface area contributed by atoms with Crippen LogP contribution in [0.2, 0.25) is 0 Å². The quantitative estimate of drug-likeness (QED) is 0.584. The van der Waals surface area contributed by atoms with Crippen LogP contribution in [0.4, 0.5) is 0 Å². The second-order valence-corrected chi connectivity index (χ2v) is 4.83. The van der Waals surface area contributed by atoms with Crippen molar-refractivity contribution in [2.75, 3.05) is 6.61 Å². The summed E-state index contributed by atoms with van der Waals surface area (Å²) in [6.45, 7) is 0.606. The molecule has 3 aromatic rings. The maximum absolute atomic E-state index is 5.28. The van der Waals surface area contributed by atoms with Crippen molar-refractivity contribution < 1.29 is 4.74 Å². The van der Waals surface area contributed by atoms with Crippen molar-refractivity contribution in [3.8, 4) is 0 Å². The molecule has 0 aliphatic carbocycles. The van der Waals surface area contributed by atoms with Gasteiger partial charge in [0, 0.05) is 23.0 Å². The van der Waals surface area contributed by atoms with Crippen LogP contribution in [-0.4, -0.2) is 21.6 Å². The third-order valence-corrected chi connectivity index (χ3v) is 3.85. The largest absolute Gasteiger partial charge is 0.496 e. The minimum absolute atomic E-state index is 0.606. The lowest BCUT2D eigenvalue weighted by Crippen LogP contribution is -2.29. The van der Waals surface area contributed by atoms with E-state index in [-0.39, 0.29) is 0 Å². The first-order chi connectivity index (χ1) is 8.43. The molecule has 0 bridgehead atoms. The number of aromatic nitrogens is 3. The minimum Gasteiger partial charge on any atom is -0.496 e. The van der Waals surface area contributed by atoms with E-state index in [1.807, 2.05) is 12.4 Å². The number of thiophene rings is 1. The van der Waals surface area contributed by atoms with Crippen molar-refractivity contribution in [1.82, 2.24) is 15.0 Å². The molecule has 0 saturated heterocycles. The monoisotopic (exact) mass is 241 g/mol. The Bertz CT molecular complexity index is 853. The van der Waals surface area contributed by atoms with Crippen LogP contribution in [0.1, 0.15) is 0 Å². The molecule has 4 nitrogen and oxygen atoms in total. The molecule has 0 N–H and O–H groups in total. The van der Waals surface area contributed by atoms with Crippen LogP contribution in [0.3, 0.4) is 0 Å². The van der Waals surface area contributed by atoms with E-state index in [1.54, 1.807) is 23.9 Å². The summed E-state index contributed by atoms with van der Waals surface area (Å²) in [6.07, 6.45) is 9.09. The first-order valence-corrected chi connectivity index (χ1v) is 6.04. The maximum Gasteiger partial charge on any atom is 0.126 e. The predicted molar refractivity (Wildman–Crippen MR) is 66.8 cm³/mol. The highest BCUT2D eigenvalue weighted by atomic mass is 32.1. The smallest absolute Gasteiger partial charge is 0.126 e. The number of ether oxygens (including phenoxy) is 1. The van der Waals surface area contributed by atoms with E-state index in [0.717, 1.165) is 25.7 Å². The molecule has 1 aliphatic heterocycles. The molecule has 0 radical (unpaired) electrons. The van der Waals surface area contributed by atoms with Crippen molar-refractivity contribution in [2.24, 2.45) is 0 Å². The van der Waals surface area contributed by atoms with E-state index < -0.39 is 0 Å². The molecule has 0 saturated carbocycles. The summed E-state index contributed by atoms with van der Waals surface area (Å²) in [6, 6.07) is 0. The fourth-order valence-corrected chi connectivity index (χ4v) is 3.08. The molecule has 3 aromatic heterocycles. The molecule has 17 heavy (non-hydrogen) atoms. The average molecular weight is 241 g/mol. The van der Waals surface area contributed by atoms with Crippen LogP contribution in [0.5, 0.6) is 0 Å². The van der Waals surface area contributed by atoms with Gasteiger partial charge in [-0.3, -0.25) is 0 Å². The van der Waals surface area contributed by atoms with E-state index in [9.17, 15) is 0 Å². The van der Waals surface area contributed by atoms with Gasteiger partial charge in [0.1, 0.15) is 17.8 Å². The number of hydrogen-bond donors (Lipinski definition) is 0. The van der Waals surface area contributed by atoms with Crippen LogP contribution in [0.25, 0.3) is 32.8 Å². The van der Waals surface area contributed by atoms with Gasteiger partial charge < -0.3 is 4.74 Å². The molecule has 82 valence electrons. The molecular weight excluding hydrogens is 234 g/mol. The number of nitrogens with zero attached hydrogens (tertiary/aromatic N) is 3. The normalized spacial score (nSPS) is 13.9. The fourth-order valence-electron chi connectivity index (χ4n) is 2.09. The van der Waals surface area contributed by atoms with Crippen LogP contribution >= 0.6 is 11.3 Å². The molecule has 4 rings (SSSR count). The fraction of sp³-hybridized carbons (Fsp3) is 0.0833. The van der Waals surface area contributed by atoms with Crippen LogP contribution in [0.15, 0.2) is 18.7 Å². The zero-order valence-electron chi connectivity index (χ0n) is 8.75. The lowest BCUT2D eigenvalue weighted by Gasteiger charge is -2.02. The molecule has 0 unspecified atom stereocenters. The van der Waals surface area contributed by atoms with Gasteiger partial charge in [-0.15, -0.1) is 11.3 Å². The van der Waals surface area contributed by atoms with Crippen LogP contribution < -0.4 is 10.4 Å². The highest BCUT2D eigenvalue weighted by Crippen LogP contribution is 2.27. The second-order valence-electron chi connectivity index (χ2n) is 3.80. The summed E-state index contributed by atoms with van der Waals surface area (Å²) >= 11 is 1.62. The van der Waals surface area contributed by atoms with E-state index in [4.69, 9.17) is 4.74 Å². The Morgan fingerprint density at radius 2 is 2.24 bits per heavy atom. The summed E-state index contributed by atoms with van der Waals surface area (Å²) in [7, 11) is 0. The molecule has 0 atom stereocenters. The van der Waals surface area contributed by atoms with Gasteiger partial charge in [-0.2, -0.15) is 0 Å². The van der Waals surface area contributed by atoms with E-state index in [0.29, 0.717) is 6.61 Å². The zero-order chi connectivity index (χ0) is 11.2. The summed E-state index contributed by atoms with van der Waals surface area (Å²) in [5.41, 5.74) is 0.982. The van der Waals surface area contributed by atoms with Crippen molar-refractivity contribution >= 4 is 44.1 Å². The first-order valence-electron chi connectivity index (χ1n) is 5.23. The van der Waals surface area contributed by atoms with Crippen molar-refractivity contribution in [3.63, 3.8) is 0 Å². The number of rotatable bonds is 0. The SMILES string of the molecule is C1=c2cnc3sc4cncnc4c3c2=CCO1. The summed E-state index contributed by atoms with van der Waals surface area (Å²) in [4.78, 5) is 13.9. The van der Waals surface area contributed by atoms with Crippen molar-refractivity contribution in [2.45, 2.75) is 0 Å². The predicted octanol–water partition coefficient (Wildman–Crippen LogP) is 0.788.